The smallest absolute Gasteiger partial charge is 0.0813 e. The van der Waals surface area contributed by atoms with Gasteiger partial charge >= 0.3 is 0 Å². The van der Waals surface area contributed by atoms with Crippen LogP contribution >= 0.6 is 43.2 Å². The van der Waals surface area contributed by atoms with E-state index in [1.807, 2.05) is 24.3 Å². The number of hydrogen-bond acceptors (Lipinski definition) is 3. The molecule has 1 atom stereocenters. The Morgan fingerprint density at radius 2 is 2.05 bits per heavy atom. The van der Waals surface area contributed by atoms with E-state index >= 15 is 0 Å². The fraction of sp³-hybridized carbons (Fsp3) is 0.333. The Morgan fingerprint density at radius 1 is 1.30 bits per heavy atom. The topological polar surface area (TPSA) is 23.5 Å². The van der Waals surface area contributed by atoms with Crippen LogP contribution in [0, 0.1) is 0 Å². The summed E-state index contributed by atoms with van der Waals surface area (Å²) < 4.78 is 2.13. The average Bonchev–Trinajstić information content (AvgIpc) is 2.82. The van der Waals surface area contributed by atoms with Crippen molar-refractivity contribution in [3.8, 4) is 0 Å². The van der Waals surface area contributed by atoms with Crippen LogP contribution in [0.3, 0.4) is 0 Å². The first-order valence-corrected chi connectivity index (χ1v) is 8.87. The Morgan fingerprint density at radius 3 is 2.70 bits per heavy atom. The summed E-state index contributed by atoms with van der Waals surface area (Å²) in [5, 5.41) is 12.4. The predicted octanol–water partition coefficient (Wildman–Crippen LogP) is 4.83. The molecule has 0 fully saturated rings. The highest BCUT2D eigenvalue weighted by molar-refractivity contribution is 9.11. The number of thiophene rings is 1. The van der Waals surface area contributed by atoms with Gasteiger partial charge in [-0.05, 0) is 58.0 Å². The molecule has 108 valence electrons. The molecule has 2 rings (SSSR count). The van der Waals surface area contributed by atoms with E-state index in [-0.39, 0.29) is 0 Å². The molecule has 1 aromatic heterocycles. The Bertz CT molecular complexity index is 558. The molecule has 1 N–H and O–H groups in total. The van der Waals surface area contributed by atoms with Gasteiger partial charge in [-0.25, -0.2) is 0 Å². The molecular formula is C15H17Br2NOS. The molecule has 0 bridgehead atoms. The van der Waals surface area contributed by atoms with Gasteiger partial charge in [0.05, 0.1) is 9.89 Å². The highest BCUT2D eigenvalue weighted by atomic mass is 79.9. The quantitative estimate of drug-likeness (QED) is 0.726. The zero-order chi connectivity index (χ0) is 14.5. The highest BCUT2D eigenvalue weighted by Crippen LogP contribution is 2.26. The van der Waals surface area contributed by atoms with Gasteiger partial charge in [0.1, 0.15) is 0 Å². The fourth-order valence-electron chi connectivity index (χ4n) is 2.06. The van der Waals surface area contributed by atoms with E-state index < -0.39 is 6.10 Å². The summed E-state index contributed by atoms with van der Waals surface area (Å²) in [4.78, 5) is 2.23. The molecule has 0 amide bonds. The van der Waals surface area contributed by atoms with Crippen LogP contribution in [0.2, 0.25) is 0 Å². The van der Waals surface area contributed by atoms with Crippen molar-refractivity contribution in [1.82, 2.24) is 4.90 Å². The first-order chi connectivity index (χ1) is 9.56. The van der Waals surface area contributed by atoms with Crippen LogP contribution in [0.15, 0.2) is 44.0 Å². The zero-order valence-electron chi connectivity index (χ0n) is 11.2. The lowest BCUT2D eigenvalue weighted by molar-refractivity contribution is 0.147. The number of aliphatic hydroxyl groups is 1. The first kappa shape index (κ1) is 16.2. The minimum atomic E-state index is -0.428. The zero-order valence-corrected chi connectivity index (χ0v) is 15.2. The van der Waals surface area contributed by atoms with E-state index in [4.69, 9.17) is 0 Å². The molecule has 0 aliphatic heterocycles. The Labute approximate surface area is 140 Å². The molecule has 0 saturated heterocycles. The summed E-state index contributed by atoms with van der Waals surface area (Å²) in [6, 6.07) is 9.98. The number of nitrogens with zero attached hydrogens (tertiary/aromatic N) is 1. The molecule has 2 nitrogen and oxygen atoms in total. The Kier molecular flexibility index (Phi) is 6.23. The second-order valence-corrected chi connectivity index (χ2v) is 7.97. The molecule has 1 heterocycles. The molecule has 0 spiro atoms. The molecule has 1 aromatic carbocycles. The van der Waals surface area contributed by atoms with Crippen molar-refractivity contribution in [3.05, 3.63) is 55.1 Å². The van der Waals surface area contributed by atoms with Gasteiger partial charge in [0.25, 0.3) is 0 Å². The fourth-order valence-corrected chi connectivity index (χ4v) is 3.81. The van der Waals surface area contributed by atoms with Crippen LogP contribution in [0.5, 0.6) is 0 Å². The SMILES string of the molecule is CN(CCC(O)c1ccccc1Br)Cc1csc(Br)c1. The molecule has 0 saturated carbocycles. The molecule has 1 unspecified atom stereocenters. The van der Waals surface area contributed by atoms with Gasteiger partial charge in [-0.15, -0.1) is 11.3 Å². The highest BCUT2D eigenvalue weighted by Gasteiger charge is 2.12. The second-order valence-electron chi connectivity index (χ2n) is 4.82. The number of hydrogen-bond donors (Lipinski definition) is 1. The van der Waals surface area contributed by atoms with Crippen LogP contribution < -0.4 is 0 Å². The van der Waals surface area contributed by atoms with Crippen molar-refractivity contribution in [1.29, 1.82) is 0 Å². The maximum absolute atomic E-state index is 10.3. The molecule has 20 heavy (non-hydrogen) atoms. The Hall–Kier alpha value is -0.200. The summed E-state index contributed by atoms with van der Waals surface area (Å²) in [6.45, 7) is 1.76. The minimum absolute atomic E-state index is 0.428. The van der Waals surface area contributed by atoms with Gasteiger partial charge in [0.2, 0.25) is 0 Å². The second kappa shape index (κ2) is 7.71. The molecule has 5 heteroatoms. The summed E-state index contributed by atoms with van der Waals surface area (Å²) in [6.07, 6.45) is 0.298. The monoisotopic (exact) mass is 417 g/mol. The standard InChI is InChI=1S/C15H17Br2NOS/c1-18(9-11-8-15(17)20-10-11)7-6-14(19)12-4-2-3-5-13(12)16/h2-5,8,10,14,19H,6-7,9H2,1H3. The number of halogens is 2. The molecule has 0 aliphatic carbocycles. The maximum Gasteiger partial charge on any atom is 0.0813 e. The summed E-state index contributed by atoms with van der Waals surface area (Å²) in [5.41, 5.74) is 2.26. The third kappa shape index (κ3) is 4.67. The Balaban J connectivity index is 1.84. The van der Waals surface area contributed by atoms with Gasteiger partial charge in [0.15, 0.2) is 0 Å². The molecule has 2 aromatic rings. The molecule has 0 aliphatic rings. The summed E-state index contributed by atoms with van der Waals surface area (Å²) >= 11 is 8.66. The van der Waals surface area contributed by atoms with Crippen molar-refractivity contribution in [3.63, 3.8) is 0 Å². The number of aliphatic hydroxyl groups excluding tert-OH is 1. The van der Waals surface area contributed by atoms with Crippen molar-refractivity contribution >= 4 is 43.2 Å². The van der Waals surface area contributed by atoms with E-state index in [0.717, 1.165) is 33.3 Å². The largest absolute Gasteiger partial charge is 0.388 e. The lowest BCUT2D eigenvalue weighted by Crippen LogP contribution is -2.20. The van der Waals surface area contributed by atoms with Gasteiger partial charge in [-0.1, -0.05) is 34.1 Å². The van der Waals surface area contributed by atoms with Crippen molar-refractivity contribution in [2.45, 2.75) is 19.1 Å². The number of rotatable bonds is 6. The maximum atomic E-state index is 10.3. The first-order valence-electron chi connectivity index (χ1n) is 6.40. The predicted molar refractivity (Wildman–Crippen MR) is 92.1 cm³/mol. The van der Waals surface area contributed by atoms with E-state index in [1.54, 1.807) is 11.3 Å². The van der Waals surface area contributed by atoms with Crippen LogP contribution in [-0.4, -0.2) is 23.6 Å². The lowest BCUT2D eigenvalue weighted by atomic mass is 10.1. The van der Waals surface area contributed by atoms with Crippen molar-refractivity contribution in [2.24, 2.45) is 0 Å². The van der Waals surface area contributed by atoms with Crippen LogP contribution in [0.25, 0.3) is 0 Å². The van der Waals surface area contributed by atoms with Crippen molar-refractivity contribution < 1.29 is 5.11 Å². The van der Waals surface area contributed by atoms with E-state index in [0.29, 0.717) is 0 Å². The molecule has 0 radical (unpaired) electrons. The molecular weight excluding hydrogens is 402 g/mol. The van der Waals surface area contributed by atoms with E-state index in [1.165, 1.54) is 5.56 Å². The van der Waals surface area contributed by atoms with Gasteiger partial charge in [-0.3, -0.25) is 0 Å². The van der Waals surface area contributed by atoms with Crippen LogP contribution in [-0.2, 0) is 6.54 Å². The van der Waals surface area contributed by atoms with Gasteiger partial charge in [0, 0.05) is 17.6 Å². The summed E-state index contributed by atoms with van der Waals surface area (Å²) in [5.74, 6) is 0. The normalized spacial score (nSPS) is 12.8. The third-order valence-electron chi connectivity index (χ3n) is 3.12. The van der Waals surface area contributed by atoms with E-state index in [9.17, 15) is 5.11 Å². The van der Waals surface area contributed by atoms with Crippen molar-refractivity contribution in [2.75, 3.05) is 13.6 Å². The lowest BCUT2D eigenvalue weighted by Gasteiger charge is -2.19. The van der Waals surface area contributed by atoms with Crippen LogP contribution in [0.4, 0.5) is 0 Å². The average molecular weight is 419 g/mol. The van der Waals surface area contributed by atoms with Crippen LogP contribution in [0.1, 0.15) is 23.7 Å². The minimum Gasteiger partial charge on any atom is -0.388 e. The van der Waals surface area contributed by atoms with Gasteiger partial charge < -0.3 is 10.0 Å². The number of benzene rings is 1. The van der Waals surface area contributed by atoms with E-state index in [2.05, 4.69) is 55.3 Å². The third-order valence-corrected chi connectivity index (χ3v) is 5.40. The summed E-state index contributed by atoms with van der Waals surface area (Å²) in [7, 11) is 2.08. The van der Waals surface area contributed by atoms with Gasteiger partial charge in [-0.2, -0.15) is 0 Å².